The Labute approximate surface area is 46.2 Å². The number of carbonyl (C=O) groups is 2. The van der Waals surface area contributed by atoms with Gasteiger partial charge in [-0.3, -0.25) is 16.1 Å². The van der Waals surface area contributed by atoms with E-state index in [1.165, 1.54) is 0 Å². The van der Waals surface area contributed by atoms with Crippen LogP contribution in [-0.2, 0) is 9.59 Å². The van der Waals surface area contributed by atoms with Crippen molar-refractivity contribution < 1.29 is 9.59 Å². The maximum atomic E-state index is 10.2. The third-order valence-electron chi connectivity index (χ3n) is 0.480. The quantitative estimate of drug-likeness (QED) is 0.174. The Morgan fingerprint density at radius 2 is 2.38 bits per heavy atom. The van der Waals surface area contributed by atoms with Crippen LogP contribution in [0.3, 0.4) is 0 Å². The molecule has 0 bridgehead atoms. The normalized spacial score (nSPS) is 8.12. The summed E-state index contributed by atoms with van der Waals surface area (Å²) in [6, 6.07) is 0. The minimum absolute atomic E-state index is 0.163. The molecule has 0 aromatic carbocycles. The molecule has 0 aliphatic heterocycles. The zero-order chi connectivity index (χ0) is 6.41. The number of rotatable bonds is 3. The third kappa shape index (κ3) is 3.26. The predicted molar refractivity (Wildman–Crippen MR) is 26.1 cm³/mol. The molecule has 0 spiro atoms. The fourth-order valence-corrected chi connectivity index (χ4v) is 0.207. The van der Waals surface area contributed by atoms with E-state index in [9.17, 15) is 9.59 Å². The fraction of sp³-hybridized carbons (Fsp3) is 0.333. The number of nitrogens with two attached hydrogens (primary N) is 1. The number of hydrogen-bond donors (Lipinski definition) is 3. The molecule has 5 nitrogen and oxygen atoms in total. The first-order chi connectivity index (χ1) is 3.81. The highest BCUT2D eigenvalue weighted by molar-refractivity contribution is 5.87. The van der Waals surface area contributed by atoms with Crippen LogP contribution in [0.5, 0.6) is 0 Å². The second kappa shape index (κ2) is 4.23. The van der Waals surface area contributed by atoms with Crippen LogP contribution in [-0.4, -0.2) is 12.2 Å². The van der Waals surface area contributed by atoms with Crippen molar-refractivity contribution in [1.82, 2.24) is 11.0 Å². The highest BCUT2D eigenvalue weighted by Gasteiger charge is 1.93. The summed E-state index contributed by atoms with van der Waals surface area (Å²) >= 11 is 0. The van der Waals surface area contributed by atoms with Crippen molar-refractivity contribution in [2.45, 2.75) is 6.42 Å². The van der Waals surface area contributed by atoms with Crippen LogP contribution in [0.25, 0.3) is 0 Å². The van der Waals surface area contributed by atoms with Crippen molar-refractivity contribution >= 4 is 12.2 Å². The zero-order valence-electron chi connectivity index (χ0n) is 4.18. The molecule has 0 aromatic heterocycles. The van der Waals surface area contributed by atoms with Gasteiger partial charge in [-0.2, -0.15) is 5.53 Å². The van der Waals surface area contributed by atoms with Gasteiger partial charge in [0.15, 0.2) is 0 Å². The molecule has 4 N–H and O–H groups in total. The second-order valence-electron chi connectivity index (χ2n) is 1.06. The van der Waals surface area contributed by atoms with Gasteiger partial charge in [-0.15, -0.1) is 0 Å². The fourth-order valence-electron chi connectivity index (χ4n) is 0.207. The largest absolute Gasteiger partial charge is 0.303 e. The molecule has 0 rings (SSSR count). The second-order valence-corrected chi connectivity index (χ2v) is 1.06. The van der Waals surface area contributed by atoms with E-state index < -0.39 is 5.91 Å². The molecule has 0 heterocycles. The Hall–Kier alpha value is -0.940. The van der Waals surface area contributed by atoms with Gasteiger partial charge in [-0.05, 0) is 0 Å². The summed E-state index contributed by atoms with van der Waals surface area (Å²) < 4.78 is 0. The lowest BCUT2D eigenvalue weighted by Crippen LogP contribution is -2.42. The smallest absolute Gasteiger partial charge is 0.242 e. The van der Waals surface area contributed by atoms with Crippen LogP contribution < -0.4 is 16.8 Å². The van der Waals surface area contributed by atoms with Crippen LogP contribution in [0, 0.1) is 0 Å². The van der Waals surface area contributed by atoms with Gasteiger partial charge >= 0.3 is 0 Å². The van der Waals surface area contributed by atoms with Crippen LogP contribution in [0.2, 0.25) is 0 Å². The molecule has 5 heteroatoms. The zero-order valence-corrected chi connectivity index (χ0v) is 4.18. The van der Waals surface area contributed by atoms with Crippen molar-refractivity contribution in [3.05, 3.63) is 0 Å². The van der Waals surface area contributed by atoms with E-state index in [4.69, 9.17) is 0 Å². The highest BCUT2D eigenvalue weighted by Crippen LogP contribution is 1.65. The minimum Gasteiger partial charge on any atom is -0.303 e. The standard InChI is InChI=1S/C3H7N3O2/c4-6-5-3(8)1-2-7/h2,6H,1,4H2,(H,5,8). The molecule has 0 saturated carbocycles. The number of amides is 1. The molecule has 8 heavy (non-hydrogen) atoms. The van der Waals surface area contributed by atoms with Crippen LogP contribution in [0.15, 0.2) is 0 Å². The highest BCUT2D eigenvalue weighted by atomic mass is 16.2. The molecule has 0 aliphatic rings. The Morgan fingerprint density at radius 3 is 2.75 bits per heavy atom. The van der Waals surface area contributed by atoms with Gasteiger partial charge in [0, 0.05) is 0 Å². The van der Waals surface area contributed by atoms with Crippen molar-refractivity contribution in [3.63, 3.8) is 0 Å². The average molecular weight is 117 g/mol. The Bertz CT molecular complexity index is 92.5. The Morgan fingerprint density at radius 1 is 1.75 bits per heavy atom. The van der Waals surface area contributed by atoms with E-state index in [0.29, 0.717) is 6.29 Å². The molecule has 0 unspecified atom stereocenters. The number of aldehydes is 1. The number of carbonyl (C=O) groups excluding carboxylic acids is 2. The van der Waals surface area contributed by atoms with Gasteiger partial charge < -0.3 is 4.79 Å². The SMILES string of the molecule is NNNC(=O)CC=O. The van der Waals surface area contributed by atoms with E-state index in [1.54, 1.807) is 0 Å². The van der Waals surface area contributed by atoms with Gasteiger partial charge in [-0.1, -0.05) is 0 Å². The van der Waals surface area contributed by atoms with Crippen molar-refractivity contribution in [2.75, 3.05) is 0 Å². The molecule has 1 amide bonds. The summed E-state index contributed by atoms with van der Waals surface area (Å²) in [4.78, 5) is 19.7. The number of hydrogen-bond acceptors (Lipinski definition) is 4. The molecular formula is C3H7N3O2. The summed E-state index contributed by atoms with van der Waals surface area (Å²) in [5, 5.41) is 0. The first-order valence-electron chi connectivity index (χ1n) is 1.99. The van der Waals surface area contributed by atoms with E-state index in [2.05, 4.69) is 5.84 Å². The van der Waals surface area contributed by atoms with Gasteiger partial charge in [0.1, 0.15) is 6.29 Å². The molecule has 0 atom stereocenters. The van der Waals surface area contributed by atoms with Crippen LogP contribution in [0.1, 0.15) is 6.42 Å². The first kappa shape index (κ1) is 7.06. The maximum Gasteiger partial charge on any atom is 0.242 e. The molecule has 0 aliphatic carbocycles. The molecule has 0 radical (unpaired) electrons. The lowest BCUT2D eigenvalue weighted by Gasteiger charge is -1.95. The molecule has 46 valence electrons. The van der Waals surface area contributed by atoms with Crippen LogP contribution >= 0.6 is 0 Å². The summed E-state index contributed by atoms with van der Waals surface area (Å²) in [6.45, 7) is 0. The van der Waals surface area contributed by atoms with E-state index >= 15 is 0 Å². The number of nitrogens with one attached hydrogen (secondary N) is 2. The van der Waals surface area contributed by atoms with E-state index in [0.717, 1.165) is 0 Å². The summed E-state index contributed by atoms with van der Waals surface area (Å²) in [5.74, 6) is 4.22. The maximum absolute atomic E-state index is 10.2. The first-order valence-corrected chi connectivity index (χ1v) is 1.99. The topological polar surface area (TPSA) is 84.2 Å². The summed E-state index contributed by atoms with van der Waals surface area (Å²) in [7, 11) is 0. The summed E-state index contributed by atoms with van der Waals surface area (Å²) in [6.07, 6.45) is 0.330. The lowest BCUT2D eigenvalue weighted by atomic mass is 10.5. The van der Waals surface area contributed by atoms with E-state index in [1.807, 2.05) is 11.0 Å². The van der Waals surface area contributed by atoms with Crippen molar-refractivity contribution in [3.8, 4) is 0 Å². The number of hydrazine groups is 2. The van der Waals surface area contributed by atoms with Gasteiger partial charge in [0.05, 0.1) is 6.42 Å². The van der Waals surface area contributed by atoms with Gasteiger partial charge in [-0.25, -0.2) is 0 Å². The molecule has 0 aromatic rings. The summed E-state index contributed by atoms with van der Waals surface area (Å²) in [5.41, 5.74) is 3.90. The minimum atomic E-state index is -0.442. The lowest BCUT2D eigenvalue weighted by molar-refractivity contribution is -0.124. The Balaban J connectivity index is 3.18. The molecule has 0 fully saturated rings. The Kier molecular flexibility index (Phi) is 3.73. The van der Waals surface area contributed by atoms with Crippen LogP contribution in [0.4, 0.5) is 0 Å². The third-order valence-corrected chi connectivity index (χ3v) is 0.480. The molecule has 0 saturated heterocycles. The van der Waals surface area contributed by atoms with Crippen molar-refractivity contribution in [1.29, 1.82) is 0 Å². The van der Waals surface area contributed by atoms with Gasteiger partial charge in [0.25, 0.3) is 0 Å². The molecular weight excluding hydrogens is 110 g/mol. The predicted octanol–water partition coefficient (Wildman–Crippen LogP) is -1.93. The monoisotopic (exact) mass is 117 g/mol. The van der Waals surface area contributed by atoms with Crippen molar-refractivity contribution in [2.24, 2.45) is 5.84 Å². The average Bonchev–Trinajstić information content (AvgIpc) is 1.68. The van der Waals surface area contributed by atoms with E-state index in [-0.39, 0.29) is 6.42 Å². The van der Waals surface area contributed by atoms with Gasteiger partial charge in [0.2, 0.25) is 5.91 Å².